The van der Waals surface area contributed by atoms with E-state index >= 15 is 0 Å². The van der Waals surface area contributed by atoms with Crippen molar-refractivity contribution in [3.8, 4) is 0 Å². The number of ether oxygens (including phenoxy) is 3. The van der Waals surface area contributed by atoms with Gasteiger partial charge in [-0.2, -0.15) is 0 Å². The molecule has 0 spiro atoms. The summed E-state index contributed by atoms with van der Waals surface area (Å²) in [5, 5.41) is 2.75. The average molecular weight is 315 g/mol. The van der Waals surface area contributed by atoms with Crippen LogP contribution in [0.2, 0.25) is 0 Å². The highest BCUT2D eigenvalue weighted by molar-refractivity contribution is 5.95. The number of hydrogen-bond donors (Lipinski definition) is 1. The first kappa shape index (κ1) is 18.3. The Balaban J connectivity index is 2.81. The fraction of sp³-hybridized carbons (Fsp3) is 0.800. The van der Waals surface area contributed by atoms with Gasteiger partial charge >= 0.3 is 18.0 Å². The predicted molar refractivity (Wildman–Crippen MR) is 78.0 cm³/mol. The van der Waals surface area contributed by atoms with Gasteiger partial charge < -0.3 is 19.5 Å². The molecule has 1 saturated carbocycles. The van der Waals surface area contributed by atoms with Crippen molar-refractivity contribution in [1.29, 1.82) is 0 Å². The molecule has 0 aliphatic heterocycles. The van der Waals surface area contributed by atoms with Crippen LogP contribution >= 0.6 is 0 Å². The third kappa shape index (κ3) is 4.89. The van der Waals surface area contributed by atoms with Crippen molar-refractivity contribution in [2.45, 2.75) is 51.7 Å². The lowest BCUT2D eigenvalue weighted by Crippen LogP contribution is -2.46. The van der Waals surface area contributed by atoms with Gasteiger partial charge in [0.25, 0.3) is 0 Å². The van der Waals surface area contributed by atoms with Gasteiger partial charge in [0.05, 0.1) is 14.2 Å². The van der Waals surface area contributed by atoms with Crippen molar-refractivity contribution in [2.75, 3.05) is 14.2 Å². The van der Waals surface area contributed by atoms with Crippen LogP contribution < -0.4 is 5.32 Å². The maximum Gasteiger partial charge on any atom is 0.407 e. The maximum atomic E-state index is 11.9. The van der Waals surface area contributed by atoms with Crippen molar-refractivity contribution in [1.82, 2.24) is 5.32 Å². The highest BCUT2D eigenvalue weighted by Crippen LogP contribution is 2.33. The van der Waals surface area contributed by atoms with Crippen LogP contribution in [0.3, 0.4) is 0 Å². The van der Waals surface area contributed by atoms with Gasteiger partial charge in [0, 0.05) is 12.0 Å². The minimum Gasteiger partial charge on any atom is -0.468 e. The first-order valence-corrected chi connectivity index (χ1v) is 7.34. The van der Waals surface area contributed by atoms with E-state index in [1.54, 1.807) is 20.8 Å². The molecule has 1 amide bonds. The Kier molecular flexibility index (Phi) is 6.20. The fourth-order valence-corrected chi connectivity index (χ4v) is 2.73. The summed E-state index contributed by atoms with van der Waals surface area (Å²) in [5.74, 6) is -2.67. The molecule has 126 valence electrons. The lowest BCUT2D eigenvalue weighted by molar-refractivity contribution is -0.162. The van der Waals surface area contributed by atoms with Crippen molar-refractivity contribution < 1.29 is 28.6 Å². The first-order chi connectivity index (χ1) is 10.2. The number of esters is 2. The highest BCUT2D eigenvalue weighted by atomic mass is 16.6. The van der Waals surface area contributed by atoms with Crippen LogP contribution in [0, 0.1) is 11.8 Å². The van der Waals surface area contributed by atoms with E-state index in [1.165, 1.54) is 14.2 Å². The predicted octanol–water partition coefficient (Wildman–Crippen LogP) is 1.64. The minimum absolute atomic E-state index is 0.321. The van der Waals surface area contributed by atoms with Crippen LogP contribution in [-0.4, -0.2) is 43.9 Å². The molecule has 7 heteroatoms. The highest BCUT2D eigenvalue weighted by Gasteiger charge is 2.44. The summed E-state index contributed by atoms with van der Waals surface area (Å²) in [6.07, 6.45) is 1.55. The number of amides is 1. The summed E-state index contributed by atoms with van der Waals surface area (Å²) < 4.78 is 14.6. The second-order valence-electron chi connectivity index (χ2n) is 6.37. The quantitative estimate of drug-likeness (QED) is 0.482. The van der Waals surface area contributed by atoms with Gasteiger partial charge in [-0.1, -0.05) is 6.42 Å². The summed E-state index contributed by atoms with van der Waals surface area (Å²) >= 11 is 0. The molecule has 1 aliphatic carbocycles. The summed E-state index contributed by atoms with van der Waals surface area (Å²) in [5.41, 5.74) is -0.609. The minimum atomic E-state index is -1.03. The normalized spacial score (nSPS) is 21.4. The van der Waals surface area contributed by atoms with Crippen LogP contribution in [-0.2, 0) is 23.8 Å². The Morgan fingerprint density at radius 2 is 1.59 bits per heavy atom. The molecule has 0 unspecified atom stereocenters. The fourth-order valence-electron chi connectivity index (χ4n) is 2.73. The lowest BCUT2D eigenvalue weighted by atomic mass is 9.88. The largest absolute Gasteiger partial charge is 0.468 e. The third-order valence-electron chi connectivity index (χ3n) is 3.61. The second-order valence-corrected chi connectivity index (χ2v) is 6.37. The molecule has 0 bridgehead atoms. The zero-order valence-corrected chi connectivity index (χ0v) is 13.8. The van der Waals surface area contributed by atoms with E-state index in [9.17, 15) is 14.4 Å². The van der Waals surface area contributed by atoms with Gasteiger partial charge in [-0.25, -0.2) is 4.79 Å². The van der Waals surface area contributed by atoms with Crippen LogP contribution in [0.15, 0.2) is 0 Å². The molecule has 0 saturated heterocycles. The third-order valence-corrected chi connectivity index (χ3v) is 3.61. The van der Waals surface area contributed by atoms with Crippen LogP contribution in [0.25, 0.3) is 0 Å². The van der Waals surface area contributed by atoms with E-state index in [1.807, 2.05) is 0 Å². The molecule has 22 heavy (non-hydrogen) atoms. The van der Waals surface area contributed by atoms with E-state index in [2.05, 4.69) is 5.32 Å². The van der Waals surface area contributed by atoms with Gasteiger partial charge in [0.1, 0.15) is 5.60 Å². The Bertz CT molecular complexity index is 412. The maximum absolute atomic E-state index is 11.9. The number of methoxy groups -OCH3 is 2. The lowest BCUT2D eigenvalue weighted by Gasteiger charge is -2.27. The molecule has 1 aliphatic rings. The standard InChI is InChI=1S/C15H25NO6/c1-15(2,3)22-14(19)16-10-8-6-7-9(10)11(12(17)20-4)13(18)21-5/h9-11H,6-8H2,1-5H3,(H,16,19)/t9-,10-/m0/s1. The smallest absolute Gasteiger partial charge is 0.407 e. The summed E-state index contributed by atoms with van der Waals surface area (Å²) in [6.45, 7) is 5.30. The van der Waals surface area contributed by atoms with E-state index in [4.69, 9.17) is 14.2 Å². The number of carbonyl (C=O) groups is 3. The summed E-state index contributed by atoms with van der Waals surface area (Å²) in [6, 6.07) is -0.321. The topological polar surface area (TPSA) is 90.9 Å². The molecule has 2 atom stereocenters. The van der Waals surface area contributed by atoms with Crippen LogP contribution in [0.5, 0.6) is 0 Å². The molecule has 1 N–H and O–H groups in total. The van der Waals surface area contributed by atoms with E-state index < -0.39 is 29.6 Å². The molecule has 0 radical (unpaired) electrons. The number of carbonyl (C=O) groups excluding carboxylic acids is 3. The summed E-state index contributed by atoms with van der Waals surface area (Å²) in [4.78, 5) is 35.7. The van der Waals surface area contributed by atoms with Crippen LogP contribution in [0.1, 0.15) is 40.0 Å². The van der Waals surface area contributed by atoms with Crippen molar-refractivity contribution in [3.63, 3.8) is 0 Å². The number of nitrogens with one attached hydrogen (secondary N) is 1. The Morgan fingerprint density at radius 1 is 1.05 bits per heavy atom. The molecule has 0 aromatic rings. The van der Waals surface area contributed by atoms with E-state index in [0.717, 1.165) is 6.42 Å². The SMILES string of the molecule is COC(=O)C(C(=O)OC)[C@H]1CCC[C@@H]1NC(=O)OC(C)(C)C. The van der Waals surface area contributed by atoms with Gasteiger partial charge in [0.2, 0.25) is 0 Å². The zero-order valence-electron chi connectivity index (χ0n) is 13.8. The van der Waals surface area contributed by atoms with Crippen molar-refractivity contribution in [3.05, 3.63) is 0 Å². The molecule has 7 nitrogen and oxygen atoms in total. The number of alkyl carbamates (subject to hydrolysis) is 1. The van der Waals surface area contributed by atoms with E-state index in [0.29, 0.717) is 12.8 Å². The van der Waals surface area contributed by atoms with Crippen molar-refractivity contribution >= 4 is 18.0 Å². The molecule has 1 rings (SSSR count). The molecule has 1 fully saturated rings. The molecule has 0 heterocycles. The Morgan fingerprint density at radius 3 is 2.05 bits per heavy atom. The monoisotopic (exact) mass is 315 g/mol. The Labute approximate surface area is 130 Å². The Hall–Kier alpha value is -1.79. The zero-order chi connectivity index (χ0) is 16.9. The van der Waals surface area contributed by atoms with Gasteiger partial charge in [-0.05, 0) is 33.6 Å². The van der Waals surface area contributed by atoms with Crippen molar-refractivity contribution in [2.24, 2.45) is 11.8 Å². The average Bonchev–Trinajstić information content (AvgIpc) is 2.84. The molecule has 0 aromatic heterocycles. The molecule has 0 aromatic carbocycles. The molecular weight excluding hydrogens is 290 g/mol. The second kappa shape index (κ2) is 7.47. The van der Waals surface area contributed by atoms with Gasteiger partial charge in [-0.15, -0.1) is 0 Å². The van der Waals surface area contributed by atoms with E-state index in [-0.39, 0.29) is 12.0 Å². The molecular formula is C15H25NO6. The number of rotatable bonds is 4. The number of hydrogen-bond acceptors (Lipinski definition) is 6. The van der Waals surface area contributed by atoms with Gasteiger partial charge in [-0.3, -0.25) is 9.59 Å². The first-order valence-electron chi connectivity index (χ1n) is 7.34. The van der Waals surface area contributed by atoms with Crippen LogP contribution in [0.4, 0.5) is 4.79 Å². The summed E-state index contributed by atoms with van der Waals surface area (Å²) in [7, 11) is 2.45. The van der Waals surface area contributed by atoms with Gasteiger partial charge in [0.15, 0.2) is 5.92 Å².